The maximum atomic E-state index is 3.24. The van der Waals surface area contributed by atoms with Gasteiger partial charge >= 0.3 is 0 Å². The molecule has 0 bridgehead atoms. The maximum absolute atomic E-state index is 3.24. The zero-order valence-electron chi connectivity index (χ0n) is 26.6. The van der Waals surface area contributed by atoms with Gasteiger partial charge in [0.15, 0.2) is 0 Å². The van der Waals surface area contributed by atoms with Crippen LogP contribution in [0.4, 0.5) is 0 Å². The molecule has 2 nitrogen and oxygen atoms in total. The molecule has 0 N–H and O–H groups in total. The Morgan fingerprint density at radius 3 is 1.77 bits per heavy atom. The highest BCUT2D eigenvalue weighted by Crippen LogP contribution is 2.46. The van der Waals surface area contributed by atoms with Crippen molar-refractivity contribution in [3.05, 3.63) is 0 Å². The molecule has 0 aromatic heterocycles. The van der Waals surface area contributed by atoms with Gasteiger partial charge in [-0.1, -0.05) is 26.7 Å². The third-order valence-corrected chi connectivity index (χ3v) is 11.0. The van der Waals surface area contributed by atoms with E-state index in [2.05, 4.69) is 114 Å². The lowest BCUT2D eigenvalue weighted by atomic mass is 8.77. The van der Waals surface area contributed by atoms with Crippen molar-refractivity contribution in [2.45, 2.75) is 89.2 Å². The summed E-state index contributed by atoms with van der Waals surface area (Å²) in [5.74, 6) is 3.49. The van der Waals surface area contributed by atoms with Crippen LogP contribution in [0.25, 0.3) is 0 Å². The predicted molar refractivity (Wildman–Crippen MR) is 202 cm³/mol. The van der Waals surface area contributed by atoms with Gasteiger partial charge in [-0.3, -0.25) is 0 Å². The van der Waals surface area contributed by atoms with Crippen molar-refractivity contribution in [1.82, 2.24) is 9.80 Å². The second kappa shape index (κ2) is 13.4. The average Bonchev–Trinajstić information content (AvgIpc) is 3.60. The van der Waals surface area contributed by atoms with Crippen molar-refractivity contribution in [1.29, 1.82) is 0 Å². The molecule has 2 fully saturated rings. The number of hydrogen-bond donors (Lipinski definition) is 0. The molecule has 0 aromatic carbocycles. The Morgan fingerprint density at radius 2 is 1.43 bits per heavy atom. The van der Waals surface area contributed by atoms with E-state index in [1.165, 1.54) is 40.6 Å². The van der Waals surface area contributed by atoms with Crippen LogP contribution in [0.1, 0.15) is 53.9 Å². The molecule has 174 valence electrons. The first-order valence-corrected chi connectivity index (χ1v) is 15.9. The standard InChI is InChI=1S/C16H49B17N2/c1-9(2)16(26-17,8-12-6-7-12)35-11(5)13(29(20)27-18)34(10(3)4)14(30(21)32(22)23)15(35)31(28-19)33(24)25/h9-15,26-28H,6-8,17-25H2,1-5H3. The van der Waals surface area contributed by atoms with Gasteiger partial charge in [0.1, 0.15) is 7.17 Å². The topological polar surface area (TPSA) is 6.48 Å². The van der Waals surface area contributed by atoms with Gasteiger partial charge in [-0.15, -0.1) is 0 Å². The van der Waals surface area contributed by atoms with Crippen LogP contribution in [0.5, 0.6) is 0 Å². The lowest BCUT2D eigenvalue weighted by Crippen LogP contribution is -2.86. The van der Waals surface area contributed by atoms with Crippen molar-refractivity contribution in [3.63, 3.8) is 0 Å². The van der Waals surface area contributed by atoms with E-state index >= 15 is 0 Å². The minimum absolute atomic E-state index is 0.303. The predicted octanol–water partition coefficient (Wildman–Crippen LogP) is -9.37. The summed E-state index contributed by atoms with van der Waals surface area (Å²) >= 11 is 0. The SMILES string of the molecule is BBB(B)C1C(C)N(C(BB)(CC2CC2)C(C)C)C(B(BB)B(B)B)C(B(B)B(B)B)N1C(C)C. The highest BCUT2D eigenvalue weighted by molar-refractivity contribution is 7.73. The molecule has 35 heavy (non-hydrogen) atoms. The van der Waals surface area contributed by atoms with Crippen molar-refractivity contribution >= 4 is 123 Å². The van der Waals surface area contributed by atoms with Crippen LogP contribution >= 0.6 is 0 Å². The fourth-order valence-corrected chi connectivity index (χ4v) is 8.37. The van der Waals surface area contributed by atoms with E-state index in [9.17, 15) is 0 Å². The molecule has 1 saturated heterocycles. The number of piperazine rings is 1. The Bertz CT molecular complexity index is 654. The van der Waals surface area contributed by atoms with E-state index < -0.39 is 0 Å². The minimum Gasteiger partial charge on any atom is -0.310 e. The smallest absolute Gasteiger partial charge is 0.108 e. The molecule has 1 aliphatic heterocycles. The Morgan fingerprint density at radius 1 is 0.857 bits per heavy atom. The maximum Gasteiger partial charge on any atom is 0.108 e. The van der Waals surface area contributed by atoms with E-state index in [0.29, 0.717) is 67.0 Å². The molecule has 0 amide bonds. The fourth-order valence-electron chi connectivity index (χ4n) is 8.37. The Balaban J connectivity index is 2.88. The van der Waals surface area contributed by atoms with Crippen LogP contribution in [-0.4, -0.2) is 168 Å². The molecule has 2 rings (SSSR count). The Kier molecular flexibility index (Phi) is 12.3. The van der Waals surface area contributed by atoms with E-state index in [1.54, 1.807) is 0 Å². The Labute approximate surface area is 233 Å². The number of rotatable bonds is 13. The van der Waals surface area contributed by atoms with Crippen LogP contribution < -0.4 is 0 Å². The second-order valence-corrected chi connectivity index (χ2v) is 14.2. The summed E-state index contributed by atoms with van der Waals surface area (Å²) in [6, 6.07) is 1.16. The average molecular weight is 453 g/mol. The van der Waals surface area contributed by atoms with Gasteiger partial charge in [0.25, 0.3) is 0 Å². The molecule has 2 aliphatic rings. The highest BCUT2D eigenvalue weighted by atomic mass is 15.4. The highest BCUT2D eigenvalue weighted by Gasteiger charge is 2.58. The summed E-state index contributed by atoms with van der Waals surface area (Å²) in [5, 5.41) is 0. The van der Waals surface area contributed by atoms with E-state index in [4.69, 9.17) is 0 Å². The van der Waals surface area contributed by atoms with Crippen molar-refractivity contribution < 1.29 is 0 Å². The van der Waals surface area contributed by atoms with Crippen molar-refractivity contribution in [2.75, 3.05) is 0 Å². The fraction of sp³-hybridized carbons (Fsp3) is 1.00. The minimum atomic E-state index is 0.303. The molecule has 5 unspecified atom stereocenters. The van der Waals surface area contributed by atoms with Crippen LogP contribution in [0.2, 0.25) is 0 Å². The third-order valence-electron chi connectivity index (χ3n) is 11.0. The van der Waals surface area contributed by atoms with Crippen LogP contribution in [0, 0.1) is 11.8 Å². The quantitative estimate of drug-likeness (QED) is 0.256. The third kappa shape index (κ3) is 6.61. The lowest BCUT2D eigenvalue weighted by Gasteiger charge is -2.68. The number of nitrogens with zero attached hydrogens (tertiary/aromatic N) is 2. The summed E-state index contributed by atoms with van der Waals surface area (Å²) < 4.78 is 0. The molecule has 0 radical (unpaired) electrons. The molecular formula is C16H49B17N2. The molecule has 0 aromatic rings. The van der Waals surface area contributed by atoms with E-state index in [0.717, 1.165) is 12.4 Å². The zero-order chi connectivity index (χ0) is 26.8. The van der Waals surface area contributed by atoms with Gasteiger partial charge in [-0.2, -0.15) is 0 Å². The second-order valence-electron chi connectivity index (χ2n) is 14.2. The summed E-state index contributed by atoms with van der Waals surface area (Å²) in [5.41, 5.74) is 0.303. The van der Waals surface area contributed by atoms with Crippen LogP contribution in [0.3, 0.4) is 0 Å². The molecule has 1 saturated carbocycles. The molecule has 1 heterocycles. The largest absolute Gasteiger partial charge is 0.310 e. The van der Waals surface area contributed by atoms with Crippen LogP contribution in [-0.2, 0) is 0 Å². The number of hydrogen-bond acceptors (Lipinski definition) is 2. The van der Waals surface area contributed by atoms with Gasteiger partial charge in [0.05, 0.1) is 89.1 Å². The van der Waals surface area contributed by atoms with E-state index in [-0.39, 0.29) is 0 Å². The van der Waals surface area contributed by atoms with Crippen molar-refractivity contribution in [2.24, 2.45) is 11.8 Å². The molecule has 0 spiro atoms. The normalized spacial score (nSPS) is 27.2. The first-order chi connectivity index (χ1) is 16.3. The Hall–Kier alpha value is 1.02. The summed E-state index contributed by atoms with van der Waals surface area (Å²) in [6.07, 6.45) is 5.73. The van der Waals surface area contributed by atoms with Crippen LogP contribution in [0.15, 0.2) is 0 Å². The first-order valence-electron chi connectivity index (χ1n) is 15.9. The molecular weight excluding hydrogens is 404 g/mol. The van der Waals surface area contributed by atoms with Gasteiger partial charge < -0.3 is 9.80 Å². The van der Waals surface area contributed by atoms with Gasteiger partial charge in [0.2, 0.25) is 0 Å². The van der Waals surface area contributed by atoms with E-state index in [1.807, 2.05) is 0 Å². The lowest BCUT2D eigenvalue weighted by molar-refractivity contribution is -0.0484. The van der Waals surface area contributed by atoms with Crippen molar-refractivity contribution in [3.8, 4) is 0 Å². The summed E-state index contributed by atoms with van der Waals surface area (Å²) in [6.45, 7) is 14.9. The monoisotopic (exact) mass is 457 g/mol. The summed E-state index contributed by atoms with van der Waals surface area (Å²) in [7, 11) is 26.4. The van der Waals surface area contributed by atoms with Gasteiger partial charge in [-0.05, 0) is 62.3 Å². The first kappa shape index (κ1) is 32.2. The molecule has 19 heteroatoms. The molecule has 5 atom stereocenters. The van der Waals surface area contributed by atoms with Gasteiger partial charge in [0, 0.05) is 39.0 Å². The summed E-state index contributed by atoms with van der Waals surface area (Å²) in [4.78, 5) is 6.30. The molecule has 1 aliphatic carbocycles. The van der Waals surface area contributed by atoms with Gasteiger partial charge in [-0.25, -0.2) is 0 Å². The zero-order valence-corrected chi connectivity index (χ0v) is 26.6.